The molecule has 2 atom stereocenters. The first-order valence-electron chi connectivity index (χ1n) is 9.47. The molecule has 3 rings (SSSR count). The van der Waals surface area contributed by atoms with E-state index in [1.807, 2.05) is 24.3 Å². The Morgan fingerprint density at radius 2 is 1.61 bits per heavy atom. The molecule has 0 heterocycles. The van der Waals surface area contributed by atoms with Crippen LogP contribution in [0.4, 0.5) is 0 Å². The monoisotopic (exact) mass is 457 g/mol. The van der Waals surface area contributed by atoms with Crippen molar-refractivity contribution in [2.45, 2.75) is 24.3 Å². The number of benzene rings is 3. The molecule has 3 aromatic rings. The SMILES string of the molecule is C[C@H](c1ccccc1)N(Cc1ccccc1)C[C@@H](Br)COc1cccc(Cl)c1. The summed E-state index contributed by atoms with van der Waals surface area (Å²) in [7, 11) is 0. The summed E-state index contributed by atoms with van der Waals surface area (Å²) < 4.78 is 5.93. The Morgan fingerprint density at radius 3 is 2.29 bits per heavy atom. The zero-order valence-corrected chi connectivity index (χ0v) is 18.3. The van der Waals surface area contributed by atoms with Gasteiger partial charge in [0.25, 0.3) is 0 Å². The van der Waals surface area contributed by atoms with Gasteiger partial charge in [-0.05, 0) is 36.2 Å². The van der Waals surface area contributed by atoms with Crippen molar-refractivity contribution in [2.75, 3.05) is 13.2 Å². The summed E-state index contributed by atoms with van der Waals surface area (Å²) >= 11 is 9.85. The van der Waals surface area contributed by atoms with Gasteiger partial charge >= 0.3 is 0 Å². The molecule has 4 heteroatoms. The van der Waals surface area contributed by atoms with Gasteiger partial charge in [-0.1, -0.05) is 94.3 Å². The first kappa shape index (κ1) is 20.9. The smallest absolute Gasteiger partial charge is 0.120 e. The van der Waals surface area contributed by atoms with Gasteiger partial charge in [0.2, 0.25) is 0 Å². The molecule has 0 saturated carbocycles. The van der Waals surface area contributed by atoms with Gasteiger partial charge in [0.05, 0.1) is 4.83 Å². The molecule has 146 valence electrons. The fourth-order valence-electron chi connectivity index (χ4n) is 3.17. The van der Waals surface area contributed by atoms with E-state index in [2.05, 4.69) is 88.4 Å². The van der Waals surface area contributed by atoms with Crippen molar-refractivity contribution in [3.05, 3.63) is 101 Å². The van der Waals surface area contributed by atoms with Gasteiger partial charge in [0.1, 0.15) is 12.4 Å². The van der Waals surface area contributed by atoms with Crippen LogP contribution in [0, 0.1) is 0 Å². The maximum Gasteiger partial charge on any atom is 0.120 e. The highest BCUT2D eigenvalue weighted by molar-refractivity contribution is 9.09. The molecular weight excluding hydrogens is 434 g/mol. The molecule has 0 N–H and O–H groups in total. The van der Waals surface area contributed by atoms with Crippen LogP contribution in [0.25, 0.3) is 0 Å². The van der Waals surface area contributed by atoms with Crippen LogP contribution in [0.2, 0.25) is 5.02 Å². The number of rotatable bonds is 9. The molecule has 0 spiro atoms. The molecule has 0 aliphatic heterocycles. The normalized spacial score (nSPS) is 13.3. The maximum atomic E-state index is 6.04. The van der Waals surface area contributed by atoms with Crippen LogP contribution in [0.1, 0.15) is 24.1 Å². The fourth-order valence-corrected chi connectivity index (χ4v) is 3.85. The minimum atomic E-state index is 0.196. The van der Waals surface area contributed by atoms with Gasteiger partial charge in [-0.25, -0.2) is 0 Å². The van der Waals surface area contributed by atoms with Crippen LogP contribution in [-0.4, -0.2) is 22.9 Å². The zero-order valence-electron chi connectivity index (χ0n) is 16.0. The summed E-state index contributed by atoms with van der Waals surface area (Å²) in [6, 6.07) is 29.1. The summed E-state index contributed by atoms with van der Waals surface area (Å²) in [6.07, 6.45) is 0. The third-order valence-corrected chi connectivity index (χ3v) is 5.51. The van der Waals surface area contributed by atoms with E-state index < -0.39 is 0 Å². The van der Waals surface area contributed by atoms with E-state index in [1.165, 1.54) is 11.1 Å². The average Bonchev–Trinajstić information content (AvgIpc) is 2.73. The molecule has 2 nitrogen and oxygen atoms in total. The molecule has 0 amide bonds. The van der Waals surface area contributed by atoms with Gasteiger partial charge in [-0.2, -0.15) is 0 Å². The summed E-state index contributed by atoms with van der Waals surface area (Å²) in [6.45, 7) is 4.59. The number of hydrogen-bond acceptors (Lipinski definition) is 2. The second-order valence-electron chi connectivity index (χ2n) is 6.87. The van der Waals surface area contributed by atoms with Gasteiger partial charge in [-0.15, -0.1) is 0 Å². The molecule has 0 aromatic heterocycles. The van der Waals surface area contributed by atoms with Crippen molar-refractivity contribution in [2.24, 2.45) is 0 Å². The van der Waals surface area contributed by atoms with Crippen molar-refractivity contribution in [3.63, 3.8) is 0 Å². The Kier molecular flexibility index (Phi) is 7.96. The number of nitrogens with zero attached hydrogens (tertiary/aromatic N) is 1. The predicted octanol–water partition coefficient (Wildman–Crippen LogP) is 6.75. The fraction of sp³-hybridized carbons (Fsp3) is 0.250. The van der Waals surface area contributed by atoms with Crippen molar-refractivity contribution in [1.82, 2.24) is 4.90 Å². The third-order valence-electron chi connectivity index (χ3n) is 4.72. The Bertz CT molecular complexity index is 843. The van der Waals surface area contributed by atoms with Crippen molar-refractivity contribution in [1.29, 1.82) is 0 Å². The number of ether oxygens (including phenoxy) is 1. The van der Waals surface area contributed by atoms with Crippen LogP contribution in [0.3, 0.4) is 0 Å². The lowest BCUT2D eigenvalue weighted by Gasteiger charge is -2.31. The summed E-state index contributed by atoms with van der Waals surface area (Å²) in [5, 5.41) is 0.687. The zero-order chi connectivity index (χ0) is 19.8. The van der Waals surface area contributed by atoms with Crippen LogP contribution in [0.15, 0.2) is 84.9 Å². The summed E-state index contributed by atoms with van der Waals surface area (Å²) in [5.41, 5.74) is 2.62. The van der Waals surface area contributed by atoms with Gasteiger partial charge in [0.15, 0.2) is 0 Å². The standard InChI is InChI=1S/C24H25BrClNO/c1-19(21-11-6-3-7-12-21)27(16-20-9-4-2-5-10-20)17-22(25)18-28-24-14-8-13-23(26)15-24/h2-15,19,22H,16-18H2,1H3/t19-,22-/m1/s1. The molecule has 28 heavy (non-hydrogen) atoms. The van der Waals surface area contributed by atoms with Crippen molar-refractivity contribution < 1.29 is 4.74 Å². The van der Waals surface area contributed by atoms with Crippen LogP contribution in [0.5, 0.6) is 5.75 Å². The van der Waals surface area contributed by atoms with E-state index in [0.29, 0.717) is 17.7 Å². The lowest BCUT2D eigenvalue weighted by molar-refractivity contribution is 0.187. The van der Waals surface area contributed by atoms with Crippen LogP contribution < -0.4 is 4.74 Å². The van der Waals surface area contributed by atoms with Crippen LogP contribution in [-0.2, 0) is 6.54 Å². The Hall–Kier alpha value is -1.81. The van der Waals surface area contributed by atoms with Gasteiger partial charge < -0.3 is 4.74 Å². The molecule has 0 bridgehead atoms. The highest BCUT2D eigenvalue weighted by Gasteiger charge is 2.20. The number of halogens is 2. The largest absolute Gasteiger partial charge is 0.492 e. The van der Waals surface area contributed by atoms with E-state index in [1.54, 1.807) is 0 Å². The number of hydrogen-bond donors (Lipinski definition) is 0. The van der Waals surface area contributed by atoms with E-state index in [-0.39, 0.29) is 4.83 Å². The topological polar surface area (TPSA) is 12.5 Å². The minimum absolute atomic E-state index is 0.196. The minimum Gasteiger partial charge on any atom is -0.492 e. The first-order chi connectivity index (χ1) is 13.6. The summed E-state index contributed by atoms with van der Waals surface area (Å²) in [4.78, 5) is 2.67. The third kappa shape index (κ3) is 6.37. The molecule has 0 aliphatic carbocycles. The van der Waals surface area contributed by atoms with Crippen molar-refractivity contribution >= 4 is 27.5 Å². The second kappa shape index (κ2) is 10.7. The molecular formula is C24H25BrClNO. The van der Waals surface area contributed by atoms with Crippen molar-refractivity contribution in [3.8, 4) is 5.75 Å². The molecule has 0 aliphatic rings. The molecule has 0 radical (unpaired) electrons. The lowest BCUT2D eigenvalue weighted by Crippen LogP contribution is -2.34. The lowest BCUT2D eigenvalue weighted by atomic mass is 10.1. The predicted molar refractivity (Wildman–Crippen MR) is 121 cm³/mol. The highest BCUT2D eigenvalue weighted by atomic mass is 79.9. The maximum absolute atomic E-state index is 6.04. The summed E-state index contributed by atoms with van der Waals surface area (Å²) in [5.74, 6) is 0.794. The van der Waals surface area contributed by atoms with E-state index in [9.17, 15) is 0 Å². The quantitative estimate of drug-likeness (QED) is 0.329. The van der Waals surface area contributed by atoms with E-state index >= 15 is 0 Å². The van der Waals surface area contributed by atoms with E-state index in [0.717, 1.165) is 18.8 Å². The molecule has 0 unspecified atom stereocenters. The first-order valence-corrected chi connectivity index (χ1v) is 10.8. The Morgan fingerprint density at radius 1 is 0.929 bits per heavy atom. The number of alkyl halides is 1. The molecule has 0 saturated heterocycles. The molecule has 3 aromatic carbocycles. The Balaban J connectivity index is 1.67. The average molecular weight is 459 g/mol. The second-order valence-corrected chi connectivity index (χ2v) is 8.60. The Labute approximate surface area is 181 Å². The highest BCUT2D eigenvalue weighted by Crippen LogP contribution is 2.24. The molecule has 0 fully saturated rings. The van der Waals surface area contributed by atoms with E-state index in [4.69, 9.17) is 16.3 Å². The van der Waals surface area contributed by atoms with Gasteiger partial charge in [-0.3, -0.25) is 4.90 Å². The van der Waals surface area contributed by atoms with Crippen LogP contribution >= 0.6 is 27.5 Å². The van der Waals surface area contributed by atoms with Gasteiger partial charge in [0, 0.05) is 24.2 Å².